The van der Waals surface area contributed by atoms with Crippen molar-refractivity contribution in [3.63, 3.8) is 0 Å². The first kappa shape index (κ1) is 20.9. The molecule has 1 N–H and O–H groups in total. The van der Waals surface area contributed by atoms with Crippen molar-refractivity contribution in [1.29, 1.82) is 0 Å². The fourth-order valence-corrected chi connectivity index (χ4v) is 5.37. The summed E-state index contributed by atoms with van der Waals surface area (Å²) in [6, 6.07) is 13.1. The van der Waals surface area contributed by atoms with Gasteiger partial charge in [-0.3, -0.25) is 4.79 Å². The summed E-state index contributed by atoms with van der Waals surface area (Å²) in [4.78, 5) is 15.7. The lowest BCUT2D eigenvalue weighted by Crippen LogP contribution is -2.33. The molecule has 1 heterocycles. The van der Waals surface area contributed by atoms with Crippen LogP contribution in [0.15, 0.2) is 47.4 Å². The number of sulfonamides is 1. The highest BCUT2D eigenvalue weighted by Gasteiger charge is 2.27. The maximum atomic E-state index is 13.4. The summed E-state index contributed by atoms with van der Waals surface area (Å²) in [5.74, 6) is -0.214. The Morgan fingerprint density at radius 3 is 2.53 bits per heavy atom. The maximum Gasteiger partial charge on any atom is 0.253 e. The second-order valence-electron chi connectivity index (χ2n) is 8.28. The van der Waals surface area contributed by atoms with Crippen LogP contribution in [0.2, 0.25) is 0 Å². The first-order chi connectivity index (χ1) is 14.4. The molecule has 6 nitrogen and oxygen atoms in total. The van der Waals surface area contributed by atoms with Crippen LogP contribution in [0.3, 0.4) is 0 Å². The van der Waals surface area contributed by atoms with Crippen LogP contribution in [-0.2, 0) is 16.4 Å². The summed E-state index contributed by atoms with van der Waals surface area (Å²) in [6.07, 6.45) is 5.09. The highest BCUT2D eigenvalue weighted by atomic mass is 32.2. The van der Waals surface area contributed by atoms with Crippen molar-refractivity contribution in [3.05, 3.63) is 59.2 Å². The Bertz CT molecular complexity index is 1040. The van der Waals surface area contributed by atoms with E-state index in [-0.39, 0.29) is 16.8 Å². The lowest BCUT2D eigenvalue weighted by Gasteiger charge is -2.28. The number of amides is 1. The Kier molecular flexibility index (Phi) is 5.84. The summed E-state index contributed by atoms with van der Waals surface area (Å²) >= 11 is 0. The molecule has 2 aromatic carbocycles. The number of rotatable bonds is 5. The van der Waals surface area contributed by atoms with Gasteiger partial charge in [0.2, 0.25) is 10.0 Å². The van der Waals surface area contributed by atoms with Crippen LogP contribution in [0.1, 0.15) is 53.2 Å². The SMILES string of the molecule is CN(C)S(=O)(=O)c1ccc(N2CCCC2)c(C(=O)NC2CCCc3ccccc32)c1. The molecule has 0 spiro atoms. The van der Waals surface area contributed by atoms with Crippen LogP contribution in [-0.4, -0.2) is 45.8 Å². The van der Waals surface area contributed by atoms with Gasteiger partial charge in [0.25, 0.3) is 5.91 Å². The number of benzene rings is 2. The maximum absolute atomic E-state index is 13.4. The van der Waals surface area contributed by atoms with E-state index in [9.17, 15) is 13.2 Å². The molecule has 30 heavy (non-hydrogen) atoms. The number of aryl methyl sites for hydroxylation is 1. The van der Waals surface area contributed by atoms with Crippen molar-refractivity contribution in [2.75, 3.05) is 32.1 Å². The molecule has 1 amide bonds. The summed E-state index contributed by atoms with van der Waals surface area (Å²) in [5.41, 5.74) is 3.68. The highest BCUT2D eigenvalue weighted by Crippen LogP contribution is 2.32. The third kappa shape index (κ3) is 3.96. The molecule has 2 aliphatic rings. The number of carbonyl (C=O) groups is 1. The Morgan fingerprint density at radius 2 is 1.80 bits per heavy atom. The minimum atomic E-state index is -3.62. The number of hydrogen-bond donors (Lipinski definition) is 1. The lowest BCUT2D eigenvalue weighted by atomic mass is 9.87. The number of fused-ring (bicyclic) bond motifs is 1. The number of carbonyl (C=O) groups excluding carboxylic acids is 1. The van der Waals surface area contributed by atoms with E-state index >= 15 is 0 Å². The number of nitrogens with zero attached hydrogens (tertiary/aromatic N) is 2. The van der Waals surface area contributed by atoms with Gasteiger partial charge in [-0.05, 0) is 61.4 Å². The van der Waals surface area contributed by atoms with Crippen molar-refractivity contribution in [1.82, 2.24) is 9.62 Å². The van der Waals surface area contributed by atoms with Crippen LogP contribution in [0.5, 0.6) is 0 Å². The predicted octanol–water partition coefficient (Wildman–Crippen LogP) is 3.34. The Labute approximate surface area is 178 Å². The minimum Gasteiger partial charge on any atom is -0.371 e. The summed E-state index contributed by atoms with van der Waals surface area (Å²) in [6.45, 7) is 1.76. The molecule has 1 fully saturated rings. The van der Waals surface area contributed by atoms with Gasteiger partial charge in [-0.15, -0.1) is 0 Å². The fraction of sp³-hybridized carbons (Fsp3) is 0.435. The van der Waals surface area contributed by atoms with Gasteiger partial charge in [0, 0.05) is 32.9 Å². The number of anilines is 1. The van der Waals surface area contributed by atoms with E-state index in [1.807, 2.05) is 12.1 Å². The molecule has 0 radical (unpaired) electrons. The first-order valence-corrected chi connectivity index (χ1v) is 12.0. The number of hydrogen-bond acceptors (Lipinski definition) is 4. The smallest absolute Gasteiger partial charge is 0.253 e. The molecule has 1 unspecified atom stereocenters. The van der Waals surface area contributed by atoms with Crippen LogP contribution in [0.4, 0.5) is 5.69 Å². The summed E-state index contributed by atoms with van der Waals surface area (Å²) < 4.78 is 26.5. The lowest BCUT2D eigenvalue weighted by molar-refractivity contribution is 0.0933. The summed E-state index contributed by atoms with van der Waals surface area (Å²) in [7, 11) is -0.615. The molecule has 7 heteroatoms. The zero-order chi connectivity index (χ0) is 21.3. The molecule has 0 bridgehead atoms. The van der Waals surface area contributed by atoms with Crippen LogP contribution >= 0.6 is 0 Å². The van der Waals surface area contributed by atoms with Crippen LogP contribution < -0.4 is 10.2 Å². The van der Waals surface area contributed by atoms with Crippen LogP contribution in [0.25, 0.3) is 0 Å². The van der Waals surface area contributed by atoms with Gasteiger partial charge < -0.3 is 10.2 Å². The van der Waals surface area contributed by atoms with Gasteiger partial charge in [0.05, 0.1) is 16.5 Å². The zero-order valence-electron chi connectivity index (χ0n) is 17.6. The minimum absolute atomic E-state index is 0.0528. The van der Waals surface area contributed by atoms with E-state index < -0.39 is 10.0 Å². The normalized spacial score (nSPS) is 19.0. The standard InChI is InChI=1S/C23H29N3O3S/c1-25(2)30(28,29)18-12-13-22(26-14-5-6-15-26)20(16-18)23(27)24-21-11-7-9-17-8-3-4-10-19(17)21/h3-4,8,10,12-13,16,21H,5-7,9,11,14-15H2,1-2H3,(H,24,27). The van der Waals surface area contributed by atoms with Gasteiger partial charge in [-0.1, -0.05) is 24.3 Å². The first-order valence-electron chi connectivity index (χ1n) is 10.6. The molecule has 2 aromatic rings. The van der Waals surface area contributed by atoms with E-state index in [2.05, 4.69) is 22.3 Å². The third-order valence-electron chi connectivity index (χ3n) is 6.11. The van der Waals surface area contributed by atoms with Crippen molar-refractivity contribution < 1.29 is 13.2 Å². The molecular weight excluding hydrogens is 398 g/mol. The average Bonchev–Trinajstić information content (AvgIpc) is 3.28. The van der Waals surface area contributed by atoms with Gasteiger partial charge in [0.1, 0.15) is 0 Å². The molecule has 1 aliphatic heterocycles. The monoisotopic (exact) mass is 427 g/mol. The highest BCUT2D eigenvalue weighted by molar-refractivity contribution is 7.89. The topological polar surface area (TPSA) is 69.7 Å². The third-order valence-corrected chi connectivity index (χ3v) is 7.92. The molecule has 1 atom stereocenters. The second-order valence-corrected chi connectivity index (χ2v) is 10.4. The Balaban J connectivity index is 1.70. The van der Waals surface area contributed by atoms with Gasteiger partial charge in [-0.2, -0.15) is 0 Å². The predicted molar refractivity (Wildman–Crippen MR) is 118 cm³/mol. The average molecular weight is 428 g/mol. The van der Waals surface area contributed by atoms with E-state index in [0.29, 0.717) is 5.56 Å². The van der Waals surface area contributed by atoms with E-state index in [0.717, 1.165) is 56.4 Å². The molecule has 0 aromatic heterocycles. The van der Waals surface area contributed by atoms with E-state index in [4.69, 9.17) is 0 Å². The number of nitrogens with one attached hydrogen (secondary N) is 1. The van der Waals surface area contributed by atoms with Gasteiger partial charge in [0.15, 0.2) is 0 Å². The summed E-state index contributed by atoms with van der Waals surface area (Å²) in [5, 5.41) is 3.19. The molecular formula is C23H29N3O3S. The molecule has 160 valence electrons. The zero-order valence-corrected chi connectivity index (χ0v) is 18.4. The largest absolute Gasteiger partial charge is 0.371 e. The van der Waals surface area contributed by atoms with Crippen molar-refractivity contribution >= 4 is 21.6 Å². The van der Waals surface area contributed by atoms with Crippen molar-refractivity contribution in [2.24, 2.45) is 0 Å². The Hall–Kier alpha value is -2.38. The van der Waals surface area contributed by atoms with E-state index in [1.54, 1.807) is 12.1 Å². The fourth-order valence-electron chi connectivity index (χ4n) is 4.44. The van der Waals surface area contributed by atoms with Crippen molar-refractivity contribution in [2.45, 2.75) is 43.0 Å². The second kappa shape index (κ2) is 8.40. The molecule has 1 aliphatic carbocycles. The quantitative estimate of drug-likeness (QED) is 0.795. The molecule has 1 saturated heterocycles. The van der Waals surface area contributed by atoms with Crippen LogP contribution in [0, 0.1) is 0 Å². The molecule has 0 saturated carbocycles. The van der Waals surface area contributed by atoms with E-state index in [1.165, 1.54) is 30.0 Å². The van der Waals surface area contributed by atoms with Crippen molar-refractivity contribution in [3.8, 4) is 0 Å². The molecule has 4 rings (SSSR count). The Morgan fingerprint density at radius 1 is 1.07 bits per heavy atom. The van der Waals surface area contributed by atoms with Gasteiger partial charge >= 0.3 is 0 Å². The van der Waals surface area contributed by atoms with Gasteiger partial charge in [-0.25, -0.2) is 12.7 Å².